The largest absolute Gasteiger partial charge is 0.507 e. The molecule has 0 aliphatic heterocycles. The van der Waals surface area contributed by atoms with Crippen molar-refractivity contribution in [2.45, 2.75) is 6.42 Å². The SMILES string of the molecule is NC(=S)Cc1ccc(NC(=O)c2ccc(Br)cc2O)cc1. The highest BCUT2D eigenvalue weighted by Crippen LogP contribution is 2.23. The van der Waals surface area contributed by atoms with Crippen LogP contribution in [0, 0.1) is 0 Å². The van der Waals surface area contributed by atoms with Gasteiger partial charge in [-0.25, -0.2) is 0 Å². The molecule has 0 heterocycles. The number of aromatic hydroxyl groups is 1. The van der Waals surface area contributed by atoms with Gasteiger partial charge in [0.1, 0.15) is 5.75 Å². The zero-order valence-corrected chi connectivity index (χ0v) is 13.4. The number of halogens is 1. The fourth-order valence-electron chi connectivity index (χ4n) is 1.80. The van der Waals surface area contributed by atoms with Crippen LogP contribution < -0.4 is 11.1 Å². The average molecular weight is 365 g/mol. The van der Waals surface area contributed by atoms with Gasteiger partial charge in [0.05, 0.1) is 10.6 Å². The lowest BCUT2D eigenvalue weighted by Gasteiger charge is -2.08. The zero-order valence-electron chi connectivity index (χ0n) is 11.0. The first kappa shape index (κ1) is 15.5. The molecule has 0 saturated carbocycles. The summed E-state index contributed by atoms with van der Waals surface area (Å²) in [5, 5.41) is 12.5. The topological polar surface area (TPSA) is 75.3 Å². The van der Waals surface area contributed by atoms with E-state index in [1.54, 1.807) is 24.3 Å². The second-order valence-corrected chi connectivity index (χ2v) is 5.90. The van der Waals surface area contributed by atoms with Crippen molar-refractivity contribution < 1.29 is 9.90 Å². The van der Waals surface area contributed by atoms with Crippen LogP contribution in [0.15, 0.2) is 46.9 Å². The molecule has 108 valence electrons. The van der Waals surface area contributed by atoms with Gasteiger partial charge in [-0.3, -0.25) is 4.79 Å². The van der Waals surface area contributed by atoms with Gasteiger partial charge in [0.15, 0.2) is 0 Å². The van der Waals surface area contributed by atoms with E-state index < -0.39 is 0 Å². The van der Waals surface area contributed by atoms with Crippen LogP contribution in [-0.4, -0.2) is 16.0 Å². The monoisotopic (exact) mass is 364 g/mol. The van der Waals surface area contributed by atoms with E-state index in [-0.39, 0.29) is 17.2 Å². The molecule has 4 N–H and O–H groups in total. The first-order chi connectivity index (χ1) is 9.95. The van der Waals surface area contributed by atoms with Crippen LogP contribution in [0.5, 0.6) is 5.75 Å². The molecule has 0 aliphatic rings. The lowest BCUT2D eigenvalue weighted by molar-refractivity contribution is 0.102. The normalized spacial score (nSPS) is 10.1. The van der Waals surface area contributed by atoms with E-state index in [0.717, 1.165) is 5.56 Å². The second-order valence-electron chi connectivity index (χ2n) is 4.46. The summed E-state index contributed by atoms with van der Waals surface area (Å²) in [7, 11) is 0. The lowest BCUT2D eigenvalue weighted by Crippen LogP contribution is -2.13. The minimum absolute atomic E-state index is 0.0769. The van der Waals surface area contributed by atoms with Gasteiger partial charge < -0.3 is 16.2 Å². The molecule has 0 radical (unpaired) electrons. The molecule has 0 aromatic heterocycles. The number of thiocarbonyl (C=S) groups is 1. The molecule has 0 atom stereocenters. The van der Waals surface area contributed by atoms with Gasteiger partial charge in [-0.15, -0.1) is 0 Å². The first-order valence-corrected chi connectivity index (χ1v) is 7.33. The highest BCUT2D eigenvalue weighted by atomic mass is 79.9. The molecule has 2 rings (SSSR count). The number of hydrogen-bond donors (Lipinski definition) is 3. The van der Waals surface area contributed by atoms with E-state index in [2.05, 4.69) is 21.2 Å². The van der Waals surface area contributed by atoms with Crippen LogP contribution in [-0.2, 0) is 6.42 Å². The van der Waals surface area contributed by atoms with Crippen LogP contribution in [0.2, 0.25) is 0 Å². The van der Waals surface area contributed by atoms with E-state index in [4.69, 9.17) is 18.0 Å². The maximum atomic E-state index is 12.1. The van der Waals surface area contributed by atoms with Gasteiger partial charge in [0.2, 0.25) is 0 Å². The minimum Gasteiger partial charge on any atom is -0.507 e. The molecule has 0 bridgehead atoms. The molecule has 0 unspecified atom stereocenters. The summed E-state index contributed by atoms with van der Waals surface area (Å²) in [5.74, 6) is -0.450. The minimum atomic E-state index is -0.373. The molecule has 0 saturated heterocycles. The number of amides is 1. The Bertz CT molecular complexity index is 687. The van der Waals surface area contributed by atoms with Crippen molar-refractivity contribution in [3.05, 3.63) is 58.1 Å². The van der Waals surface area contributed by atoms with Gasteiger partial charge in [0.25, 0.3) is 5.91 Å². The Kier molecular flexibility index (Phi) is 4.93. The molecule has 0 aliphatic carbocycles. The zero-order chi connectivity index (χ0) is 15.4. The van der Waals surface area contributed by atoms with Crippen molar-refractivity contribution in [2.75, 3.05) is 5.32 Å². The number of rotatable bonds is 4. The number of nitrogens with two attached hydrogens (primary N) is 1. The number of hydrogen-bond acceptors (Lipinski definition) is 3. The van der Waals surface area contributed by atoms with E-state index in [1.165, 1.54) is 6.07 Å². The van der Waals surface area contributed by atoms with Crippen LogP contribution in [0.25, 0.3) is 0 Å². The Hall–Kier alpha value is -1.92. The molecule has 0 fully saturated rings. The van der Waals surface area contributed by atoms with Gasteiger partial charge in [-0.05, 0) is 35.9 Å². The predicted molar refractivity (Wildman–Crippen MR) is 90.7 cm³/mol. The molecule has 4 nitrogen and oxygen atoms in total. The van der Waals surface area contributed by atoms with Crippen molar-refractivity contribution in [1.82, 2.24) is 0 Å². The van der Waals surface area contributed by atoms with Crippen molar-refractivity contribution in [3.8, 4) is 5.75 Å². The van der Waals surface area contributed by atoms with Crippen LogP contribution in [0.4, 0.5) is 5.69 Å². The smallest absolute Gasteiger partial charge is 0.259 e. The average Bonchev–Trinajstić information content (AvgIpc) is 2.40. The Labute approximate surface area is 136 Å². The number of anilines is 1. The van der Waals surface area contributed by atoms with E-state index in [9.17, 15) is 9.90 Å². The number of phenolic OH excluding ortho intramolecular Hbond substituents is 1. The Morgan fingerprint density at radius 1 is 1.24 bits per heavy atom. The van der Waals surface area contributed by atoms with E-state index in [0.29, 0.717) is 21.6 Å². The van der Waals surface area contributed by atoms with Crippen LogP contribution in [0.1, 0.15) is 15.9 Å². The number of benzene rings is 2. The van der Waals surface area contributed by atoms with Crippen molar-refractivity contribution in [3.63, 3.8) is 0 Å². The Morgan fingerprint density at radius 3 is 2.48 bits per heavy atom. The van der Waals surface area contributed by atoms with Crippen molar-refractivity contribution in [2.24, 2.45) is 5.73 Å². The maximum Gasteiger partial charge on any atom is 0.259 e. The third-order valence-corrected chi connectivity index (χ3v) is 3.43. The number of nitrogens with one attached hydrogen (secondary N) is 1. The number of phenols is 1. The third-order valence-electron chi connectivity index (χ3n) is 2.79. The Morgan fingerprint density at radius 2 is 1.90 bits per heavy atom. The summed E-state index contributed by atoms with van der Waals surface area (Å²) in [6.07, 6.45) is 0.525. The molecule has 2 aromatic rings. The molecule has 6 heteroatoms. The summed E-state index contributed by atoms with van der Waals surface area (Å²) >= 11 is 8.07. The van der Waals surface area contributed by atoms with E-state index in [1.807, 2.05) is 12.1 Å². The van der Waals surface area contributed by atoms with Crippen molar-refractivity contribution >= 4 is 44.7 Å². The van der Waals surface area contributed by atoms with Gasteiger partial charge in [-0.2, -0.15) is 0 Å². The highest BCUT2D eigenvalue weighted by molar-refractivity contribution is 9.10. The summed E-state index contributed by atoms with van der Waals surface area (Å²) in [4.78, 5) is 12.5. The number of carbonyl (C=O) groups excluding carboxylic acids is 1. The van der Waals surface area contributed by atoms with Crippen LogP contribution >= 0.6 is 28.1 Å². The molecule has 0 spiro atoms. The molecule has 1 amide bonds. The highest BCUT2D eigenvalue weighted by Gasteiger charge is 2.11. The molecular weight excluding hydrogens is 352 g/mol. The molecule has 21 heavy (non-hydrogen) atoms. The summed E-state index contributed by atoms with van der Waals surface area (Å²) in [6, 6.07) is 11.9. The van der Waals surface area contributed by atoms with Crippen LogP contribution in [0.3, 0.4) is 0 Å². The molecular formula is C15H13BrN2O2S. The first-order valence-electron chi connectivity index (χ1n) is 6.13. The summed E-state index contributed by atoms with van der Waals surface area (Å²) in [6.45, 7) is 0. The van der Waals surface area contributed by atoms with Gasteiger partial charge in [-0.1, -0.05) is 40.3 Å². The molecule has 2 aromatic carbocycles. The standard InChI is InChI=1S/C15H13BrN2O2S/c16-10-3-6-12(13(19)8-10)15(20)18-11-4-1-9(2-5-11)7-14(17)21/h1-6,8,19H,7H2,(H2,17,21)(H,18,20). The second kappa shape index (κ2) is 6.69. The Balaban J connectivity index is 2.10. The third kappa shape index (κ3) is 4.27. The fraction of sp³-hybridized carbons (Fsp3) is 0.0667. The number of carbonyl (C=O) groups is 1. The predicted octanol–water partition coefficient (Wildman–Crippen LogP) is 3.24. The summed E-state index contributed by atoms with van der Waals surface area (Å²) in [5.41, 5.74) is 7.30. The summed E-state index contributed by atoms with van der Waals surface area (Å²) < 4.78 is 0.707. The quantitative estimate of drug-likeness (QED) is 0.728. The maximum absolute atomic E-state index is 12.1. The van der Waals surface area contributed by atoms with Crippen molar-refractivity contribution in [1.29, 1.82) is 0 Å². The van der Waals surface area contributed by atoms with E-state index >= 15 is 0 Å². The van der Waals surface area contributed by atoms with Gasteiger partial charge >= 0.3 is 0 Å². The van der Waals surface area contributed by atoms with Gasteiger partial charge in [0, 0.05) is 16.6 Å². The lowest BCUT2D eigenvalue weighted by atomic mass is 10.1. The fourth-order valence-corrected chi connectivity index (χ4v) is 2.32.